The number of rotatable bonds is 0. The van der Waals surface area contributed by atoms with Crippen LogP contribution in [0.4, 0.5) is 0 Å². The zero-order chi connectivity index (χ0) is 7.07. The Morgan fingerprint density at radius 2 is 1.80 bits per heavy atom. The Balaban J connectivity index is 0.0000001000. The second-order valence-corrected chi connectivity index (χ2v) is 2.04. The summed E-state index contributed by atoms with van der Waals surface area (Å²) in [6, 6.07) is 0. The van der Waals surface area contributed by atoms with E-state index in [9.17, 15) is 0 Å². The molecule has 0 amide bonds. The number of hydrogen-bond acceptors (Lipinski definition) is 2. The van der Waals surface area contributed by atoms with Crippen molar-refractivity contribution in [2.75, 3.05) is 19.8 Å². The van der Waals surface area contributed by atoms with E-state index in [4.69, 9.17) is 9.47 Å². The molecule has 2 heteroatoms. The first kappa shape index (κ1) is 7.35. The third kappa shape index (κ3) is 3.30. The van der Waals surface area contributed by atoms with Crippen LogP contribution < -0.4 is 0 Å². The average molecular weight is 140 g/mol. The van der Waals surface area contributed by atoms with Crippen LogP contribution in [0.3, 0.4) is 0 Å². The zero-order valence-corrected chi connectivity index (χ0v) is 5.95. The van der Waals surface area contributed by atoms with E-state index in [1.165, 1.54) is 0 Å². The molecule has 2 heterocycles. The Labute approximate surface area is 61.1 Å². The average Bonchev–Trinajstić information content (AvgIpc) is 2.67. The van der Waals surface area contributed by atoms with Gasteiger partial charge in [0.1, 0.15) is 0 Å². The molecule has 2 aliphatic heterocycles. The lowest BCUT2D eigenvalue weighted by molar-refractivity contribution is 0.213. The molecule has 2 aliphatic rings. The summed E-state index contributed by atoms with van der Waals surface area (Å²) in [5.74, 6) is 0. The Hall–Kier alpha value is -0.760. The minimum atomic E-state index is 0.819. The highest BCUT2D eigenvalue weighted by atomic mass is 16.5. The first-order chi connectivity index (χ1) is 5.00. The van der Waals surface area contributed by atoms with Gasteiger partial charge in [-0.2, -0.15) is 0 Å². The Bertz CT molecular complexity index is 99.2. The van der Waals surface area contributed by atoms with Crippen LogP contribution in [0, 0.1) is 0 Å². The Morgan fingerprint density at radius 1 is 1.00 bits per heavy atom. The van der Waals surface area contributed by atoms with Gasteiger partial charge in [-0.05, 0) is 6.08 Å². The van der Waals surface area contributed by atoms with Crippen molar-refractivity contribution < 1.29 is 9.47 Å². The van der Waals surface area contributed by atoms with Crippen LogP contribution in [0.25, 0.3) is 0 Å². The lowest BCUT2D eigenvalue weighted by Gasteiger charge is -1.79. The van der Waals surface area contributed by atoms with E-state index >= 15 is 0 Å². The van der Waals surface area contributed by atoms with Crippen LogP contribution in [-0.4, -0.2) is 19.8 Å². The highest BCUT2D eigenvalue weighted by Crippen LogP contribution is 1.93. The zero-order valence-electron chi connectivity index (χ0n) is 5.95. The highest BCUT2D eigenvalue weighted by molar-refractivity contribution is 4.86. The van der Waals surface area contributed by atoms with Crippen molar-refractivity contribution in [2.24, 2.45) is 0 Å². The maximum absolute atomic E-state index is 4.83. The third-order valence-corrected chi connectivity index (χ3v) is 1.19. The molecule has 0 unspecified atom stereocenters. The second kappa shape index (κ2) is 5.06. The molecule has 0 N–H and O–H groups in total. The van der Waals surface area contributed by atoms with E-state index in [0.717, 1.165) is 26.2 Å². The standard InChI is InChI=1S/2C4H6O/c2*1-2-4-5-3-1/h1,3H,2,4H2;1-2H,3-4H2. The first-order valence-corrected chi connectivity index (χ1v) is 3.49. The SMILES string of the molecule is C1=CCOC1.C1=COCC1. The lowest BCUT2D eigenvalue weighted by atomic mass is 10.5. The van der Waals surface area contributed by atoms with E-state index in [0.29, 0.717) is 0 Å². The fraction of sp³-hybridized carbons (Fsp3) is 0.500. The van der Waals surface area contributed by atoms with Crippen LogP contribution in [-0.2, 0) is 9.47 Å². The van der Waals surface area contributed by atoms with Gasteiger partial charge in [-0.1, -0.05) is 12.2 Å². The molecule has 0 bridgehead atoms. The first-order valence-electron chi connectivity index (χ1n) is 3.49. The van der Waals surface area contributed by atoms with Gasteiger partial charge in [0, 0.05) is 6.42 Å². The van der Waals surface area contributed by atoms with E-state index < -0.39 is 0 Å². The minimum Gasteiger partial charge on any atom is -0.501 e. The van der Waals surface area contributed by atoms with Gasteiger partial charge < -0.3 is 9.47 Å². The molecule has 10 heavy (non-hydrogen) atoms. The molecule has 0 radical (unpaired) electrons. The Kier molecular flexibility index (Phi) is 3.72. The lowest BCUT2D eigenvalue weighted by Crippen LogP contribution is -1.76. The van der Waals surface area contributed by atoms with Gasteiger partial charge in [0.15, 0.2) is 0 Å². The van der Waals surface area contributed by atoms with Crippen LogP contribution in [0.2, 0.25) is 0 Å². The summed E-state index contributed by atoms with van der Waals surface area (Å²) >= 11 is 0. The molecular weight excluding hydrogens is 128 g/mol. The fourth-order valence-electron chi connectivity index (χ4n) is 0.680. The quantitative estimate of drug-likeness (QED) is 0.475. The van der Waals surface area contributed by atoms with Gasteiger partial charge >= 0.3 is 0 Å². The van der Waals surface area contributed by atoms with Crippen LogP contribution in [0.15, 0.2) is 24.5 Å². The predicted molar refractivity (Wildman–Crippen MR) is 39.7 cm³/mol. The largest absolute Gasteiger partial charge is 0.501 e. The monoisotopic (exact) mass is 140 g/mol. The maximum atomic E-state index is 4.83. The smallest absolute Gasteiger partial charge is 0.0908 e. The summed E-state index contributed by atoms with van der Waals surface area (Å²) in [7, 11) is 0. The maximum Gasteiger partial charge on any atom is 0.0908 e. The van der Waals surface area contributed by atoms with Crippen LogP contribution in [0.5, 0.6) is 0 Å². The molecule has 0 fully saturated rings. The predicted octanol–water partition coefficient (Wildman–Crippen LogP) is 1.49. The topological polar surface area (TPSA) is 18.5 Å². The molecule has 0 aliphatic carbocycles. The van der Waals surface area contributed by atoms with Gasteiger partial charge in [-0.25, -0.2) is 0 Å². The van der Waals surface area contributed by atoms with Crippen molar-refractivity contribution in [2.45, 2.75) is 6.42 Å². The van der Waals surface area contributed by atoms with Crippen molar-refractivity contribution in [3.63, 3.8) is 0 Å². The van der Waals surface area contributed by atoms with Crippen molar-refractivity contribution in [3.8, 4) is 0 Å². The third-order valence-electron chi connectivity index (χ3n) is 1.19. The van der Waals surface area contributed by atoms with Crippen molar-refractivity contribution in [1.29, 1.82) is 0 Å². The normalized spacial score (nSPS) is 20.0. The minimum absolute atomic E-state index is 0.819. The van der Waals surface area contributed by atoms with Crippen LogP contribution >= 0.6 is 0 Å². The van der Waals surface area contributed by atoms with Crippen molar-refractivity contribution in [1.82, 2.24) is 0 Å². The van der Waals surface area contributed by atoms with Gasteiger partial charge in [0.05, 0.1) is 26.1 Å². The van der Waals surface area contributed by atoms with E-state index in [1.54, 1.807) is 6.26 Å². The second-order valence-electron chi connectivity index (χ2n) is 2.04. The van der Waals surface area contributed by atoms with Gasteiger partial charge in [-0.15, -0.1) is 0 Å². The summed E-state index contributed by atoms with van der Waals surface area (Å²) < 4.78 is 9.60. The molecule has 0 aromatic carbocycles. The molecule has 56 valence electrons. The van der Waals surface area contributed by atoms with Crippen molar-refractivity contribution >= 4 is 0 Å². The van der Waals surface area contributed by atoms with E-state index in [2.05, 4.69) is 0 Å². The molecule has 0 aromatic rings. The Morgan fingerprint density at radius 3 is 2.00 bits per heavy atom. The molecule has 0 saturated carbocycles. The number of ether oxygens (including phenoxy) is 2. The van der Waals surface area contributed by atoms with Gasteiger partial charge in [0.2, 0.25) is 0 Å². The van der Waals surface area contributed by atoms with Crippen molar-refractivity contribution in [3.05, 3.63) is 24.5 Å². The molecule has 0 aromatic heterocycles. The molecule has 2 nitrogen and oxygen atoms in total. The van der Waals surface area contributed by atoms with Gasteiger partial charge in [0.25, 0.3) is 0 Å². The fourth-order valence-corrected chi connectivity index (χ4v) is 0.680. The molecular formula is C8H12O2. The summed E-state index contributed by atoms with van der Waals surface area (Å²) in [5.41, 5.74) is 0. The number of hydrogen-bond donors (Lipinski definition) is 0. The van der Waals surface area contributed by atoms with E-state index in [1.807, 2.05) is 18.2 Å². The summed E-state index contributed by atoms with van der Waals surface area (Å²) in [5, 5.41) is 0. The highest BCUT2D eigenvalue weighted by Gasteiger charge is 1.84. The molecule has 0 atom stereocenters. The summed E-state index contributed by atoms with van der Waals surface area (Å²) in [6.45, 7) is 2.53. The van der Waals surface area contributed by atoms with Gasteiger partial charge in [-0.3, -0.25) is 0 Å². The molecule has 0 saturated heterocycles. The summed E-state index contributed by atoms with van der Waals surface area (Å²) in [4.78, 5) is 0. The summed E-state index contributed by atoms with van der Waals surface area (Å²) in [6.07, 6.45) is 8.88. The van der Waals surface area contributed by atoms with Crippen LogP contribution in [0.1, 0.15) is 6.42 Å². The molecule has 0 spiro atoms. The molecule has 2 rings (SSSR count). The van der Waals surface area contributed by atoms with E-state index in [-0.39, 0.29) is 0 Å².